The summed E-state index contributed by atoms with van der Waals surface area (Å²) >= 11 is 0. The summed E-state index contributed by atoms with van der Waals surface area (Å²) in [5.74, 6) is -0.882. The number of unbranched alkanes of at least 4 members (excludes halogenated alkanes) is 30. The molecule has 350 valence electrons. The van der Waals surface area contributed by atoms with Crippen LogP contribution in [0.25, 0.3) is 0 Å². The van der Waals surface area contributed by atoms with Gasteiger partial charge in [-0.25, -0.2) is 0 Å². The minimum atomic E-state index is -0.774. The number of carbonyl (C=O) groups excluding carboxylic acids is 3. The first kappa shape index (κ1) is 57.6. The number of carbonyl (C=O) groups is 3. The van der Waals surface area contributed by atoms with E-state index in [-0.39, 0.29) is 31.1 Å². The zero-order valence-corrected chi connectivity index (χ0v) is 40.0. The summed E-state index contributed by atoms with van der Waals surface area (Å²) in [6, 6.07) is 0. The van der Waals surface area contributed by atoms with Crippen LogP contribution in [0.15, 0.2) is 36.5 Å². The Morgan fingerprint density at radius 3 is 0.967 bits per heavy atom. The van der Waals surface area contributed by atoms with Gasteiger partial charge in [-0.1, -0.05) is 211 Å². The lowest BCUT2D eigenvalue weighted by Crippen LogP contribution is -2.30. The molecule has 1 unspecified atom stereocenters. The summed E-state index contributed by atoms with van der Waals surface area (Å²) in [6.45, 7) is 6.59. The smallest absolute Gasteiger partial charge is 0.306 e. The van der Waals surface area contributed by atoms with Gasteiger partial charge in [0.2, 0.25) is 0 Å². The zero-order valence-electron chi connectivity index (χ0n) is 40.0. The van der Waals surface area contributed by atoms with E-state index >= 15 is 0 Å². The van der Waals surface area contributed by atoms with Crippen LogP contribution < -0.4 is 0 Å². The quantitative estimate of drug-likeness (QED) is 0.0263. The molecule has 0 spiro atoms. The van der Waals surface area contributed by atoms with Crippen molar-refractivity contribution in [2.24, 2.45) is 0 Å². The fourth-order valence-corrected chi connectivity index (χ4v) is 7.41. The van der Waals surface area contributed by atoms with Crippen LogP contribution in [0.3, 0.4) is 0 Å². The Bertz CT molecular complexity index is 1020. The van der Waals surface area contributed by atoms with E-state index in [0.29, 0.717) is 19.3 Å². The summed E-state index contributed by atoms with van der Waals surface area (Å²) in [5.41, 5.74) is 0. The average Bonchev–Trinajstić information content (AvgIpc) is 3.24. The summed E-state index contributed by atoms with van der Waals surface area (Å²) in [7, 11) is 0. The van der Waals surface area contributed by atoms with Crippen LogP contribution in [0, 0.1) is 0 Å². The van der Waals surface area contributed by atoms with Crippen molar-refractivity contribution in [2.75, 3.05) is 13.2 Å². The highest BCUT2D eigenvalue weighted by Crippen LogP contribution is 2.15. The first-order valence-corrected chi connectivity index (χ1v) is 26.0. The van der Waals surface area contributed by atoms with Crippen molar-refractivity contribution in [3.63, 3.8) is 0 Å². The van der Waals surface area contributed by atoms with Gasteiger partial charge in [0, 0.05) is 19.3 Å². The average molecular weight is 843 g/mol. The Morgan fingerprint density at radius 1 is 0.333 bits per heavy atom. The molecule has 0 aliphatic rings. The van der Waals surface area contributed by atoms with Crippen LogP contribution in [-0.2, 0) is 28.6 Å². The van der Waals surface area contributed by atoms with Gasteiger partial charge in [-0.2, -0.15) is 0 Å². The first-order valence-electron chi connectivity index (χ1n) is 26.0. The van der Waals surface area contributed by atoms with E-state index in [9.17, 15) is 14.4 Å². The highest BCUT2D eigenvalue weighted by molar-refractivity contribution is 5.71. The van der Waals surface area contributed by atoms with Gasteiger partial charge in [-0.15, -0.1) is 0 Å². The minimum Gasteiger partial charge on any atom is -0.462 e. The van der Waals surface area contributed by atoms with Gasteiger partial charge in [0.1, 0.15) is 13.2 Å². The Hall–Kier alpha value is -2.37. The third-order valence-electron chi connectivity index (χ3n) is 11.4. The maximum atomic E-state index is 12.8. The molecule has 6 heteroatoms. The lowest BCUT2D eigenvalue weighted by molar-refractivity contribution is -0.167. The summed E-state index contributed by atoms with van der Waals surface area (Å²) in [4.78, 5) is 37.9. The molecule has 0 aromatic heterocycles. The molecule has 60 heavy (non-hydrogen) atoms. The van der Waals surface area contributed by atoms with Gasteiger partial charge in [-0.3, -0.25) is 14.4 Å². The van der Waals surface area contributed by atoms with E-state index in [2.05, 4.69) is 57.2 Å². The van der Waals surface area contributed by atoms with Crippen molar-refractivity contribution in [3.05, 3.63) is 36.5 Å². The highest BCUT2D eigenvalue weighted by Gasteiger charge is 2.19. The Labute approximate surface area is 372 Å². The fraction of sp³-hybridized carbons (Fsp3) is 0.833. The van der Waals surface area contributed by atoms with Crippen LogP contribution in [0.1, 0.15) is 271 Å². The normalized spacial score (nSPS) is 12.2. The van der Waals surface area contributed by atoms with Gasteiger partial charge >= 0.3 is 17.9 Å². The van der Waals surface area contributed by atoms with Crippen molar-refractivity contribution < 1.29 is 28.6 Å². The molecule has 0 N–H and O–H groups in total. The molecule has 0 aliphatic heterocycles. The second-order valence-corrected chi connectivity index (χ2v) is 17.4. The maximum absolute atomic E-state index is 12.8. The van der Waals surface area contributed by atoms with Crippen LogP contribution in [-0.4, -0.2) is 37.2 Å². The Kier molecular flexibility index (Phi) is 47.3. The molecular formula is C54H98O6. The van der Waals surface area contributed by atoms with Crippen molar-refractivity contribution in [3.8, 4) is 0 Å². The summed E-state index contributed by atoms with van der Waals surface area (Å²) in [5, 5.41) is 0. The summed E-state index contributed by atoms with van der Waals surface area (Å²) in [6.07, 6.45) is 56.9. The number of hydrogen-bond acceptors (Lipinski definition) is 6. The number of esters is 3. The van der Waals surface area contributed by atoms with Crippen LogP contribution in [0.4, 0.5) is 0 Å². The van der Waals surface area contributed by atoms with Crippen molar-refractivity contribution in [2.45, 2.75) is 277 Å². The molecule has 0 heterocycles. The standard InChI is InChI=1S/C54H98O6/c1-4-7-10-13-16-19-22-25-26-27-28-30-32-35-38-41-44-47-53(56)59-50-51(49-58-52(55)46-43-40-37-34-31-24-21-18-15-12-9-6-3)60-54(57)48-45-42-39-36-33-29-23-20-17-14-11-8-5-2/h16,18-19,21,25-26,51H,4-15,17,20,22-24,27-50H2,1-3H3/b19-16-,21-18-,26-25-. The monoisotopic (exact) mass is 843 g/mol. The van der Waals surface area contributed by atoms with Crippen LogP contribution in [0.5, 0.6) is 0 Å². The van der Waals surface area contributed by atoms with Crippen molar-refractivity contribution in [1.29, 1.82) is 0 Å². The molecule has 0 saturated carbocycles. The largest absolute Gasteiger partial charge is 0.462 e. The predicted octanol–water partition coefficient (Wildman–Crippen LogP) is 16.9. The number of allylic oxidation sites excluding steroid dienone is 6. The molecular weight excluding hydrogens is 745 g/mol. The highest BCUT2D eigenvalue weighted by atomic mass is 16.6. The van der Waals surface area contributed by atoms with Gasteiger partial charge < -0.3 is 14.2 Å². The fourth-order valence-electron chi connectivity index (χ4n) is 7.41. The van der Waals surface area contributed by atoms with E-state index in [0.717, 1.165) is 77.0 Å². The second-order valence-electron chi connectivity index (χ2n) is 17.4. The van der Waals surface area contributed by atoms with Gasteiger partial charge in [-0.05, 0) is 77.0 Å². The van der Waals surface area contributed by atoms with Gasteiger partial charge in [0.25, 0.3) is 0 Å². The first-order chi connectivity index (χ1) is 29.5. The molecule has 0 aromatic carbocycles. The lowest BCUT2D eigenvalue weighted by atomic mass is 10.0. The predicted molar refractivity (Wildman–Crippen MR) is 256 cm³/mol. The van der Waals surface area contributed by atoms with Crippen LogP contribution >= 0.6 is 0 Å². The zero-order chi connectivity index (χ0) is 43.7. The third kappa shape index (κ3) is 46.7. The van der Waals surface area contributed by atoms with Gasteiger partial charge in [0.05, 0.1) is 0 Å². The molecule has 6 nitrogen and oxygen atoms in total. The van der Waals surface area contributed by atoms with E-state index in [1.165, 1.54) is 154 Å². The third-order valence-corrected chi connectivity index (χ3v) is 11.4. The number of hydrogen-bond donors (Lipinski definition) is 0. The van der Waals surface area contributed by atoms with E-state index in [1.807, 2.05) is 0 Å². The van der Waals surface area contributed by atoms with E-state index in [1.54, 1.807) is 0 Å². The second kappa shape index (κ2) is 49.3. The molecule has 0 rings (SSSR count). The molecule has 0 fully saturated rings. The molecule has 0 amide bonds. The SMILES string of the molecule is CCCCC/C=C\C/C=C\CCCCCCCCCC(=O)OCC(COC(=O)CCCCCCC/C=C\CCCCC)OC(=O)CCCCCCCCCCCCCCC. The molecule has 0 bridgehead atoms. The minimum absolute atomic E-state index is 0.0762. The molecule has 0 aliphatic carbocycles. The van der Waals surface area contributed by atoms with E-state index < -0.39 is 6.10 Å². The van der Waals surface area contributed by atoms with Gasteiger partial charge in [0.15, 0.2) is 6.10 Å². The maximum Gasteiger partial charge on any atom is 0.306 e. The summed E-state index contributed by atoms with van der Waals surface area (Å²) < 4.78 is 16.8. The number of rotatable bonds is 47. The van der Waals surface area contributed by atoms with Crippen molar-refractivity contribution >= 4 is 17.9 Å². The van der Waals surface area contributed by atoms with Crippen molar-refractivity contribution in [1.82, 2.24) is 0 Å². The van der Waals surface area contributed by atoms with E-state index in [4.69, 9.17) is 14.2 Å². The number of ether oxygens (including phenoxy) is 3. The Balaban J connectivity index is 4.35. The topological polar surface area (TPSA) is 78.9 Å². The molecule has 1 atom stereocenters. The molecule has 0 radical (unpaired) electrons. The molecule has 0 saturated heterocycles. The Morgan fingerprint density at radius 2 is 0.600 bits per heavy atom. The lowest BCUT2D eigenvalue weighted by Gasteiger charge is -2.18. The molecule has 0 aromatic rings. The van der Waals surface area contributed by atoms with Crippen LogP contribution in [0.2, 0.25) is 0 Å².